The molecule has 0 aliphatic carbocycles. The molecule has 0 aromatic heterocycles. The van der Waals surface area contributed by atoms with Crippen LogP contribution in [0.15, 0.2) is 48.5 Å². The Morgan fingerprint density at radius 1 is 1.16 bits per heavy atom. The summed E-state index contributed by atoms with van der Waals surface area (Å²) in [4.78, 5) is 12.8. The third-order valence-corrected chi connectivity index (χ3v) is 7.29. The minimum atomic E-state index is -3.56. The lowest BCUT2D eigenvalue weighted by molar-refractivity contribution is -0.122. The Hall–Kier alpha value is -2.61. The Kier molecular flexibility index (Phi) is 7.44. The summed E-state index contributed by atoms with van der Waals surface area (Å²) in [6, 6.07) is 12.9. The first kappa shape index (κ1) is 24.0. The van der Waals surface area contributed by atoms with Gasteiger partial charge < -0.3 is 10.1 Å². The van der Waals surface area contributed by atoms with E-state index in [4.69, 9.17) is 4.74 Å². The van der Waals surface area contributed by atoms with E-state index in [1.54, 1.807) is 0 Å². The molecule has 2 aromatic carbocycles. The van der Waals surface area contributed by atoms with E-state index in [0.29, 0.717) is 18.5 Å². The first-order valence-electron chi connectivity index (χ1n) is 11.0. The summed E-state index contributed by atoms with van der Waals surface area (Å²) in [5.41, 5.74) is 1.02. The van der Waals surface area contributed by atoms with Gasteiger partial charge in [-0.2, -0.15) is 0 Å². The zero-order chi connectivity index (χ0) is 23.4. The summed E-state index contributed by atoms with van der Waals surface area (Å²) in [6.45, 7) is 4.31. The van der Waals surface area contributed by atoms with Crippen molar-refractivity contribution in [2.75, 3.05) is 17.1 Å². The van der Waals surface area contributed by atoms with E-state index in [9.17, 15) is 17.6 Å². The molecule has 0 spiro atoms. The number of fused-ring (bicyclic) bond motifs is 1. The molecule has 8 heteroatoms. The van der Waals surface area contributed by atoms with Gasteiger partial charge in [-0.15, -0.1) is 0 Å². The molecule has 1 aliphatic rings. The topological polar surface area (TPSA) is 75.7 Å². The smallest absolute Gasteiger partial charge is 0.232 e. The molecular formula is C24H31FN2O4S. The number of hydrogen-bond acceptors (Lipinski definition) is 4. The Bertz CT molecular complexity index is 1040. The van der Waals surface area contributed by atoms with Crippen molar-refractivity contribution in [3.63, 3.8) is 0 Å². The summed E-state index contributed by atoms with van der Waals surface area (Å²) in [5, 5.41) is 3.12. The van der Waals surface area contributed by atoms with Gasteiger partial charge in [0.15, 0.2) is 0 Å². The summed E-state index contributed by atoms with van der Waals surface area (Å²) >= 11 is 0. The van der Waals surface area contributed by atoms with Crippen LogP contribution in [0.1, 0.15) is 57.6 Å². The molecule has 1 atom stereocenters. The monoisotopic (exact) mass is 462 g/mol. The maximum absolute atomic E-state index is 13.2. The van der Waals surface area contributed by atoms with Crippen molar-refractivity contribution in [2.45, 2.75) is 57.6 Å². The van der Waals surface area contributed by atoms with Crippen molar-refractivity contribution in [1.29, 1.82) is 0 Å². The van der Waals surface area contributed by atoms with Crippen LogP contribution in [-0.4, -0.2) is 32.7 Å². The maximum Gasteiger partial charge on any atom is 0.232 e. The van der Waals surface area contributed by atoms with Gasteiger partial charge in [0, 0.05) is 24.9 Å². The second-order valence-electron chi connectivity index (χ2n) is 8.27. The number of halogens is 1. The zero-order valence-corrected chi connectivity index (χ0v) is 19.6. The minimum Gasteiger partial charge on any atom is -0.487 e. The van der Waals surface area contributed by atoms with Crippen LogP contribution < -0.4 is 14.4 Å². The predicted octanol–water partition coefficient (Wildman–Crippen LogP) is 4.57. The summed E-state index contributed by atoms with van der Waals surface area (Å²) in [5.74, 6) is 0.223. The molecule has 0 saturated carbocycles. The van der Waals surface area contributed by atoms with Crippen LogP contribution in [0, 0.1) is 5.82 Å². The minimum absolute atomic E-state index is 0.135. The first-order valence-corrected chi connectivity index (χ1v) is 12.8. The van der Waals surface area contributed by atoms with Gasteiger partial charge in [-0.1, -0.05) is 32.0 Å². The number of amides is 1. The lowest BCUT2D eigenvalue weighted by atomic mass is 9.83. The van der Waals surface area contributed by atoms with Crippen molar-refractivity contribution >= 4 is 21.6 Å². The third-order valence-electron chi connectivity index (χ3n) is 6.10. The van der Waals surface area contributed by atoms with Crippen LogP contribution in [0.5, 0.6) is 5.75 Å². The summed E-state index contributed by atoms with van der Waals surface area (Å²) in [6.07, 6.45) is 3.99. The number of benzene rings is 2. The molecule has 1 heterocycles. The number of carbonyl (C=O) groups excluding carboxylic acids is 1. The normalized spacial score (nSPS) is 17.2. The third kappa shape index (κ3) is 5.59. The maximum atomic E-state index is 13.2. The van der Waals surface area contributed by atoms with Crippen LogP contribution in [-0.2, 0) is 14.8 Å². The standard InChI is InChI=1S/C24H31FN2O4S/c1-4-24(5-2)17-21(20-9-6-7-10-22(20)31-24)26-23(28)11-8-16-27(32(3,29)30)19-14-12-18(25)13-15-19/h6-7,9-10,12-15,21H,4-5,8,11,16-17H2,1-3H3,(H,26,28)/t21-/m0/s1. The van der Waals surface area contributed by atoms with Gasteiger partial charge in [0.05, 0.1) is 18.0 Å². The number of nitrogens with one attached hydrogen (secondary N) is 1. The fraction of sp³-hybridized carbons (Fsp3) is 0.458. The Morgan fingerprint density at radius 3 is 2.44 bits per heavy atom. The average Bonchev–Trinajstić information content (AvgIpc) is 2.76. The second kappa shape index (κ2) is 9.90. The van der Waals surface area contributed by atoms with Crippen molar-refractivity contribution < 1.29 is 22.3 Å². The zero-order valence-electron chi connectivity index (χ0n) is 18.8. The van der Waals surface area contributed by atoms with Gasteiger partial charge in [-0.05, 0) is 49.6 Å². The van der Waals surface area contributed by atoms with Crippen molar-refractivity contribution in [2.24, 2.45) is 0 Å². The number of carbonyl (C=O) groups is 1. The van der Waals surface area contributed by atoms with Crippen molar-refractivity contribution in [3.05, 3.63) is 59.9 Å². The van der Waals surface area contributed by atoms with E-state index in [1.165, 1.54) is 28.6 Å². The first-order chi connectivity index (χ1) is 15.2. The molecule has 3 rings (SSSR count). The number of sulfonamides is 1. The lowest BCUT2D eigenvalue weighted by Gasteiger charge is -2.41. The molecule has 32 heavy (non-hydrogen) atoms. The van der Waals surface area contributed by atoms with Gasteiger partial charge in [0.2, 0.25) is 15.9 Å². The number of nitrogens with zero attached hydrogens (tertiary/aromatic N) is 1. The summed E-state index contributed by atoms with van der Waals surface area (Å²) in [7, 11) is -3.56. The predicted molar refractivity (Wildman–Crippen MR) is 124 cm³/mol. The van der Waals surface area contributed by atoms with E-state index in [2.05, 4.69) is 19.2 Å². The van der Waals surface area contributed by atoms with E-state index in [-0.39, 0.29) is 30.5 Å². The molecule has 0 radical (unpaired) electrons. The van der Waals surface area contributed by atoms with Gasteiger partial charge in [-0.3, -0.25) is 9.10 Å². The van der Waals surface area contributed by atoms with E-state index in [1.807, 2.05) is 24.3 Å². The van der Waals surface area contributed by atoms with E-state index < -0.39 is 15.8 Å². The van der Waals surface area contributed by atoms with E-state index >= 15 is 0 Å². The van der Waals surface area contributed by atoms with Gasteiger partial charge in [0.1, 0.15) is 17.2 Å². The molecule has 1 amide bonds. The molecule has 0 saturated heterocycles. The average molecular weight is 463 g/mol. The Morgan fingerprint density at radius 2 is 1.81 bits per heavy atom. The molecule has 2 aromatic rings. The molecule has 1 aliphatic heterocycles. The Balaban J connectivity index is 1.65. The SMILES string of the molecule is CCC1(CC)C[C@H](NC(=O)CCCN(c2ccc(F)cc2)S(C)(=O)=O)c2ccccc2O1. The highest BCUT2D eigenvalue weighted by atomic mass is 32.2. The quantitative estimate of drug-likeness (QED) is 0.592. The fourth-order valence-corrected chi connectivity index (χ4v) is 5.14. The Labute approximate surface area is 189 Å². The van der Waals surface area contributed by atoms with Crippen LogP contribution in [0.2, 0.25) is 0 Å². The molecule has 0 fully saturated rings. The highest BCUT2D eigenvalue weighted by Gasteiger charge is 2.38. The fourth-order valence-electron chi connectivity index (χ4n) is 4.17. The van der Waals surface area contributed by atoms with Crippen LogP contribution in [0.4, 0.5) is 10.1 Å². The van der Waals surface area contributed by atoms with Crippen LogP contribution in [0.25, 0.3) is 0 Å². The molecule has 0 unspecified atom stereocenters. The lowest BCUT2D eigenvalue weighted by Crippen LogP contribution is -2.44. The molecular weight excluding hydrogens is 431 g/mol. The van der Waals surface area contributed by atoms with Gasteiger partial charge in [-0.25, -0.2) is 12.8 Å². The number of hydrogen-bond donors (Lipinski definition) is 1. The highest BCUT2D eigenvalue weighted by molar-refractivity contribution is 7.92. The van der Waals surface area contributed by atoms with E-state index in [0.717, 1.165) is 30.4 Å². The highest BCUT2D eigenvalue weighted by Crippen LogP contribution is 2.42. The molecule has 1 N–H and O–H groups in total. The summed E-state index contributed by atoms with van der Waals surface area (Å²) < 4.78 is 45.1. The number of anilines is 1. The number of ether oxygens (including phenoxy) is 1. The number of para-hydroxylation sites is 1. The van der Waals surface area contributed by atoms with Crippen molar-refractivity contribution in [3.8, 4) is 5.75 Å². The van der Waals surface area contributed by atoms with Crippen LogP contribution in [0.3, 0.4) is 0 Å². The van der Waals surface area contributed by atoms with Gasteiger partial charge >= 0.3 is 0 Å². The largest absolute Gasteiger partial charge is 0.487 e. The number of rotatable bonds is 9. The molecule has 174 valence electrons. The van der Waals surface area contributed by atoms with Crippen molar-refractivity contribution in [1.82, 2.24) is 5.32 Å². The molecule has 0 bridgehead atoms. The van der Waals surface area contributed by atoms with Gasteiger partial charge in [0.25, 0.3) is 0 Å². The van der Waals surface area contributed by atoms with Crippen LogP contribution >= 0.6 is 0 Å². The molecule has 6 nitrogen and oxygen atoms in total. The second-order valence-corrected chi connectivity index (χ2v) is 10.2.